The van der Waals surface area contributed by atoms with E-state index >= 15 is 0 Å². The lowest BCUT2D eigenvalue weighted by atomic mass is 10.2. The Hall–Kier alpha value is -1.76. The maximum atomic E-state index is 13.4. The van der Waals surface area contributed by atoms with Crippen molar-refractivity contribution in [2.45, 2.75) is 18.0 Å². The molecule has 2 aromatic rings. The van der Waals surface area contributed by atoms with Gasteiger partial charge in [0.05, 0.1) is 11.5 Å². The molecular weight excluding hydrogens is 281 g/mol. The van der Waals surface area contributed by atoms with Gasteiger partial charge in [0.15, 0.2) is 0 Å². The Morgan fingerprint density at radius 3 is 2.25 bits per heavy atom. The van der Waals surface area contributed by atoms with Crippen LogP contribution in [0, 0.1) is 5.82 Å². The summed E-state index contributed by atoms with van der Waals surface area (Å²) in [5.74, 6) is -0.467. The van der Waals surface area contributed by atoms with Crippen LogP contribution in [-0.4, -0.2) is 13.5 Å². The number of sulfonamides is 1. The fourth-order valence-corrected chi connectivity index (χ4v) is 3.03. The average Bonchev–Trinajstić information content (AvgIpc) is 2.46. The number of rotatable bonds is 5. The maximum absolute atomic E-state index is 13.4. The molecule has 2 N–H and O–H groups in total. The van der Waals surface area contributed by atoms with Gasteiger partial charge in [0.2, 0.25) is 10.0 Å². The molecule has 0 saturated heterocycles. The molecule has 6 heteroatoms. The molecule has 0 aliphatic heterocycles. The van der Waals surface area contributed by atoms with Crippen molar-refractivity contribution < 1.29 is 17.9 Å². The predicted octanol–water partition coefficient (Wildman–Crippen LogP) is 1.80. The zero-order valence-electron chi connectivity index (χ0n) is 10.6. The van der Waals surface area contributed by atoms with Crippen LogP contribution in [0.3, 0.4) is 0 Å². The van der Waals surface area contributed by atoms with Crippen LogP contribution in [0.5, 0.6) is 0 Å². The fourth-order valence-electron chi connectivity index (χ4n) is 1.79. The average molecular weight is 295 g/mol. The summed E-state index contributed by atoms with van der Waals surface area (Å²) in [5, 5.41) is 9.16. The molecule has 4 nitrogen and oxygen atoms in total. The van der Waals surface area contributed by atoms with Crippen LogP contribution in [0.1, 0.15) is 11.1 Å². The molecule has 0 aliphatic carbocycles. The molecule has 0 bridgehead atoms. The van der Waals surface area contributed by atoms with E-state index in [4.69, 9.17) is 5.11 Å². The van der Waals surface area contributed by atoms with E-state index in [1.54, 1.807) is 18.2 Å². The van der Waals surface area contributed by atoms with Crippen LogP contribution in [0.2, 0.25) is 0 Å². The summed E-state index contributed by atoms with van der Waals surface area (Å²) >= 11 is 0. The largest absolute Gasteiger partial charge is 0.392 e. The van der Waals surface area contributed by atoms with Gasteiger partial charge >= 0.3 is 0 Å². The Morgan fingerprint density at radius 1 is 1.00 bits per heavy atom. The normalized spacial score (nSPS) is 11.5. The highest BCUT2D eigenvalue weighted by Crippen LogP contribution is 2.16. The second-order valence-corrected chi connectivity index (χ2v) is 5.92. The Labute approximate surface area is 116 Å². The highest BCUT2D eigenvalue weighted by Gasteiger charge is 2.17. The van der Waals surface area contributed by atoms with Crippen molar-refractivity contribution in [2.24, 2.45) is 0 Å². The molecule has 0 heterocycles. The number of aliphatic hydroxyl groups excluding tert-OH is 1. The third kappa shape index (κ3) is 3.22. The van der Waals surface area contributed by atoms with Crippen LogP contribution in [0.4, 0.5) is 4.39 Å². The molecule has 0 unspecified atom stereocenters. The summed E-state index contributed by atoms with van der Waals surface area (Å²) in [6, 6.07) is 12.1. The van der Waals surface area contributed by atoms with E-state index in [0.717, 1.165) is 0 Å². The maximum Gasteiger partial charge on any atom is 0.241 e. The Bertz CT molecular complexity index is 701. The van der Waals surface area contributed by atoms with Gasteiger partial charge in [-0.05, 0) is 17.7 Å². The van der Waals surface area contributed by atoms with Crippen molar-refractivity contribution in [3.8, 4) is 0 Å². The van der Waals surface area contributed by atoms with E-state index in [0.29, 0.717) is 5.56 Å². The van der Waals surface area contributed by atoms with Gasteiger partial charge in [0.1, 0.15) is 5.82 Å². The van der Waals surface area contributed by atoms with E-state index in [2.05, 4.69) is 4.72 Å². The van der Waals surface area contributed by atoms with Gasteiger partial charge in [-0.25, -0.2) is 17.5 Å². The van der Waals surface area contributed by atoms with E-state index in [1.807, 2.05) is 0 Å². The third-order valence-corrected chi connectivity index (χ3v) is 4.34. The topological polar surface area (TPSA) is 66.4 Å². The van der Waals surface area contributed by atoms with Gasteiger partial charge in [0.25, 0.3) is 0 Å². The molecule has 0 radical (unpaired) electrons. The van der Waals surface area contributed by atoms with E-state index in [1.165, 1.54) is 30.3 Å². The smallest absolute Gasteiger partial charge is 0.241 e. The predicted molar refractivity (Wildman–Crippen MR) is 72.8 cm³/mol. The molecule has 0 spiro atoms. The van der Waals surface area contributed by atoms with Gasteiger partial charge < -0.3 is 5.11 Å². The standard InChI is InChI=1S/C14H14FNO3S/c15-13-7-3-1-5-11(13)9-16-20(18,19)14-8-4-2-6-12(14)10-17/h1-8,16-17H,9-10H2. The molecule has 0 atom stereocenters. The van der Waals surface area contributed by atoms with Gasteiger partial charge in [0, 0.05) is 12.1 Å². The fraction of sp³-hybridized carbons (Fsp3) is 0.143. The lowest BCUT2D eigenvalue weighted by Gasteiger charge is -2.10. The number of hydrogen-bond acceptors (Lipinski definition) is 3. The molecule has 0 saturated carbocycles. The monoisotopic (exact) mass is 295 g/mol. The number of benzene rings is 2. The molecule has 0 aromatic heterocycles. The number of hydrogen-bond donors (Lipinski definition) is 2. The first-order valence-electron chi connectivity index (χ1n) is 5.96. The van der Waals surface area contributed by atoms with Crippen LogP contribution in [-0.2, 0) is 23.2 Å². The third-order valence-electron chi connectivity index (χ3n) is 2.84. The van der Waals surface area contributed by atoms with Gasteiger partial charge in [-0.15, -0.1) is 0 Å². The Morgan fingerprint density at radius 2 is 1.60 bits per heavy atom. The van der Waals surface area contributed by atoms with Crippen molar-refractivity contribution in [2.75, 3.05) is 0 Å². The van der Waals surface area contributed by atoms with E-state index < -0.39 is 15.8 Å². The molecule has 20 heavy (non-hydrogen) atoms. The quantitative estimate of drug-likeness (QED) is 0.884. The summed E-state index contributed by atoms with van der Waals surface area (Å²) in [6.45, 7) is -0.522. The van der Waals surface area contributed by atoms with Crippen molar-refractivity contribution in [3.63, 3.8) is 0 Å². The zero-order chi connectivity index (χ0) is 14.6. The molecule has 0 aliphatic rings. The van der Waals surface area contributed by atoms with Gasteiger partial charge in [-0.1, -0.05) is 36.4 Å². The Balaban J connectivity index is 2.22. The molecular formula is C14H14FNO3S. The Kier molecular flexibility index (Phi) is 4.49. The first-order valence-corrected chi connectivity index (χ1v) is 7.45. The van der Waals surface area contributed by atoms with Crippen LogP contribution in [0.15, 0.2) is 53.4 Å². The van der Waals surface area contributed by atoms with Crippen molar-refractivity contribution in [3.05, 3.63) is 65.5 Å². The molecule has 2 rings (SSSR count). The second kappa shape index (κ2) is 6.13. The van der Waals surface area contributed by atoms with Crippen molar-refractivity contribution in [1.29, 1.82) is 0 Å². The summed E-state index contributed by atoms with van der Waals surface area (Å²) in [5.41, 5.74) is 0.561. The SMILES string of the molecule is O=S(=O)(NCc1ccccc1F)c1ccccc1CO. The highest BCUT2D eigenvalue weighted by molar-refractivity contribution is 7.89. The van der Waals surface area contributed by atoms with Gasteiger partial charge in [-0.2, -0.15) is 0 Å². The van der Waals surface area contributed by atoms with E-state index in [9.17, 15) is 12.8 Å². The number of aliphatic hydroxyl groups is 1. The first-order chi connectivity index (χ1) is 9.54. The minimum absolute atomic E-state index is 0.00107. The number of halogens is 1. The van der Waals surface area contributed by atoms with E-state index in [-0.39, 0.29) is 23.6 Å². The number of nitrogens with one attached hydrogen (secondary N) is 1. The van der Waals surface area contributed by atoms with Gasteiger partial charge in [-0.3, -0.25) is 0 Å². The summed E-state index contributed by atoms with van der Waals surface area (Å²) in [7, 11) is -3.79. The molecule has 106 valence electrons. The first kappa shape index (κ1) is 14.6. The lowest BCUT2D eigenvalue weighted by molar-refractivity contribution is 0.278. The minimum atomic E-state index is -3.79. The molecule has 0 fully saturated rings. The minimum Gasteiger partial charge on any atom is -0.392 e. The van der Waals surface area contributed by atoms with Crippen LogP contribution < -0.4 is 4.72 Å². The van der Waals surface area contributed by atoms with Crippen LogP contribution in [0.25, 0.3) is 0 Å². The lowest BCUT2D eigenvalue weighted by Crippen LogP contribution is -2.24. The van der Waals surface area contributed by atoms with Crippen LogP contribution >= 0.6 is 0 Å². The second-order valence-electron chi connectivity index (χ2n) is 4.18. The van der Waals surface area contributed by atoms with Crippen molar-refractivity contribution in [1.82, 2.24) is 4.72 Å². The molecule has 0 amide bonds. The summed E-state index contributed by atoms with van der Waals surface area (Å²) < 4.78 is 40.1. The van der Waals surface area contributed by atoms with Crippen molar-refractivity contribution >= 4 is 10.0 Å². The summed E-state index contributed by atoms with van der Waals surface area (Å²) in [4.78, 5) is -0.00107. The molecule has 2 aromatic carbocycles. The summed E-state index contributed by atoms with van der Waals surface area (Å²) in [6.07, 6.45) is 0. The zero-order valence-corrected chi connectivity index (χ0v) is 11.4. The highest BCUT2D eigenvalue weighted by atomic mass is 32.2.